The van der Waals surface area contributed by atoms with Crippen molar-refractivity contribution in [2.24, 2.45) is 0 Å². The molecule has 142 valence electrons. The maximum absolute atomic E-state index is 13.2. The van der Waals surface area contributed by atoms with E-state index in [-0.39, 0.29) is 17.0 Å². The maximum atomic E-state index is 13.2. The molecule has 1 atom stereocenters. The average Bonchev–Trinajstić information content (AvgIpc) is 2.71. The minimum Gasteiger partial charge on any atom is -0.476 e. The Morgan fingerprint density at radius 3 is 2.44 bits per heavy atom. The number of amides is 1. The van der Waals surface area contributed by atoms with E-state index in [4.69, 9.17) is 4.74 Å². The number of carbonyl (C=O) groups excluding carboxylic acids is 2. The number of benzene rings is 2. The lowest BCUT2D eigenvalue weighted by atomic mass is 10.2. The number of sulfonamides is 1. The SMILES string of the molecule is CNC(=O)[C@H]1CN(S(=O)(=O)c2ccc(C(=O)OC)cc2)c2ccccc2O1. The summed E-state index contributed by atoms with van der Waals surface area (Å²) in [5, 5.41) is 2.47. The van der Waals surface area contributed by atoms with Gasteiger partial charge in [-0.05, 0) is 36.4 Å². The van der Waals surface area contributed by atoms with Crippen LogP contribution in [0.1, 0.15) is 10.4 Å². The van der Waals surface area contributed by atoms with E-state index in [1.54, 1.807) is 24.3 Å². The first-order valence-corrected chi connectivity index (χ1v) is 9.51. The average molecular weight is 390 g/mol. The van der Waals surface area contributed by atoms with Gasteiger partial charge in [-0.25, -0.2) is 13.2 Å². The highest BCUT2D eigenvalue weighted by atomic mass is 32.2. The fraction of sp³-hybridized carbons (Fsp3) is 0.222. The predicted molar refractivity (Wildman–Crippen MR) is 97.2 cm³/mol. The molecule has 0 saturated carbocycles. The van der Waals surface area contributed by atoms with Gasteiger partial charge in [0.2, 0.25) is 0 Å². The van der Waals surface area contributed by atoms with Gasteiger partial charge in [-0.3, -0.25) is 9.10 Å². The number of rotatable bonds is 4. The largest absolute Gasteiger partial charge is 0.476 e. The molecule has 0 saturated heterocycles. The van der Waals surface area contributed by atoms with Gasteiger partial charge in [0.15, 0.2) is 6.10 Å². The van der Waals surface area contributed by atoms with Crippen LogP contribution in [-0.4, -0.2) is 47.1 Å². The van der Waals surface area contributed by atoms with Gasteiger partial charge in [0.1, 0.15) is 5.75 Å². The Hall–Kier alpha value is -3.07. The van der Waals surface area contributed by atoms with Crippen LogP contribution in [0, 0.1) is 0 Å². The van der Waals surface area contributed by atoms with Crippen molar-refractivity contribution in [3.05, 3.63) is 54.1 Å². The highest BCUT2D eigenvalue weighted by Crippen LogP contribution is 2.36. The molecule has 2 aromatic carbocycles. The predicted octanol–water partition coefficient (Wildman–Crippen LogP) is 1.18. The van der Waals surface area contributed by atoms with E-state index >= 15 is 0 Å². The van der Waals surface area contributed by atoms with Gasteiger partial charge >= 0.3 is 5.97 Å². The third-order valence-corrected chi connectivity index (χ3v) is 5.93. The lowest BCUT2D eigenvalue weighted by molar-refractivity contribution is -0.127. The number of hydrogen-bond donors (Lipinski definition) is 1. The first kappa shape index (κ1) is 18.7. The molecule has 8 nitrogen and oxygen atoms in total. The molecule has 1 amide bonds. The van der Waals surface area contributed by atoms with Crippen molar-refractivity contribution in [1.82, 2.24) is 5.32 Å². The summed E-state index contributed by atoms with van der Waals surface area (Å²) in [5.74, 6) is -0.687. The van der Waals surface area contributed by atoms with Crippen molar-refractivity contribution in [2.75, 3.05) is 25.0 Å². The number of hydrogen-bond acceptors (Lipinski definition) is 6. The summed E-state index contributed by atoms with van der Waals surface area (Å²) in [6, 6.07) is 12.0. The number of anilines is 1. The van der Waals surface area contributed by atoms with Gasteiger partial charge in [-0.2, -0.15) is 0 Å². The van der Waals surface area contributed by atoms with Gasteiger partial charge in [-0.1, -0.05) is 12.1 Å². The van der Waals surface area contributed by atoms with E-state index in [2.05, 4.69) is 10.1 Å². The lowest BCUT2D eigenvalue weighted by Crippen LogP contribution is -2.50. The third-order valence-electron chi connectivity index (χ3n) is 4.14. The van der Waals surface area contributed by atoms with Crippen molar-refractivity contribution in [3.8, 4) is 5.75 Å². The monoisotopic (exact) mass is 390 g/mol. The Morgan fingerprint density at radius 1 is 1.15 bits per heavy atom. The fourth-order valence-corrected chi connectivity index (χ4v) is 4.21. The molecule has 0 spiro atoms. The molecule has 3 rings (SSSR count). The van der Waals surface area contributed by atoms with Crippen LogP contribution in [0.25, 0.3) is 0 Å². The van der Waals surface area contributed by atoms with E-state index in [1.807, 2.05) is 0 Å². The zero-order valence-corrected chi connectivity index (χ0v) is 15.5. The fourth-order valence-electron chi connectivity index (χ4n) is 2.74. The number of para-hydroxylation sites is 2. The first-order valence-electron chi connectivity index (χ1n) is 8.07. The van der Waals surface area contributed by atoms with Crippen LogP contribution < -0.4 is 14.4 Å². The highest BCUT2D eigenvalue weighted by Gasteiger charge is 2.37. The van der Waals surface area contributed by atoms with Gasteiger partial charge < -0.3 is 14.8 Å². The molecule has 0 aromatic heterocycles. The van der Waals surface area contributed by atoms with Crippen molar-refractivity contribution in [2.45, 2.75) is 11.0 Å². The van der Waals surface area contributed by atoms with Crippen LogP contribution in [0.4, 0.5) is 5.69 Å². The Kier molecular flexibility index (Phi) is 5.04. The molecule has 1 aliphatic rings. The molecule has 0 aliphatic carbocycles. The molecule has 1 N–H and O–H groups in total. The summed E-state index contributed by atoms with van der Waals surface area (Å²) in [4.78, 5) is 23.6. The summed E-state index contributed by atoms with van der Waals surface area (Å²) in [7, 11) is -1.28. The van der Waals surface area contributed by atoms with Crippen molar-refractivity contribution in [3.63, 3.8) is 0 Å². The molecular weight excluding hydrogens is 372 g/mol. The Morgan fingerprint density at radius 2 is 1.81 bits per heavy atom. The van der Waals surface area contributed by atoms with E-state index in [0.29, 0.717) is 11.4 Å². The smallest absolute Gasteiger partial charge is 0.337 e. The molecule has 0 unspecified atom stereocenters. The minimum atomic E-state index is -3.98. The molecule has 1 aliphatic heterocycles. The standard InChI is InChI=1S/C18H18N2O6S/c1-19-17(21)16-11-20(14-5-3-4-6-15(14)26-16)27(23,24)13-9-7-12(8-10-13)18(22)25-2/h3-10,16H,11H2,1-2H3,(H,19,21)/t16-/m1/s1. The Balaban J connectivity index is 2.02. The maximum Gasteiger partial charge on any atom is 0.337 e. The molecule has 0 bridgehead atoms. The number of likely N-dealkylation sites (N-methyl/N-ethyl adjacent to an activating group) is 1. The summed E-state index contributed by atoms with van der Waals surface area (Å²) < 4.78 is 37.7. The summed E-state index contributed by atoms with van der Waals surface area (Å²) >= 11 is 0. The quantitative estimate of drug-likeness (QED) is 0.787. The lowest BCUT2D eigenvalue weighted by Gasteiger charge is -2.34. The van der Waals surface area contributed by atoms with E-state index in [1.165, 1.54) is 38.4 Å². The summed E-state index contributed by atoms with van der Waals surface area (Å²) in [6.45, 7) is -0.169. The van der Waals surface area contributed by atoms with Crippen LogP contribution in [0.2, 0.25) is 0 Å². The van der Waals surface area contributed by atoms with Crippen LogP contribution in [0.15, 0.2) is 53.4 Å². The number of fused-ring (bicyclic) bond motifs is 1. The van der Waals surface area contributed by atoms with Gasteiger partial charge in [0, 0.05) is 7.05 Å². The Labute approximate surface area is 156 Å². The van der Waals surface area contributed by atoms with Gasteiger partial charge in [-0.15, -0.1) is 0 Å². The van der Waals surface area contributed by atoms with E-state index in [0.717, 1.165) is 4.31 Å². The third kappa shape index (κ3) is 3.45. The van der Waals surface area contributed by atoms with Crippen LogP contribution in [-0.2, 0) is 19.6 Å². The number of methoxy groups -OCH3 is 1. The second-order valence-corrected chi connectivity index (χ2v) is 7.60. The molecule has 1 heterocycles. The number of nitrogens with one attached hydrogen (secondary N) is 1. The number of nitrogens with zero attached hydrogens (tertiary/aromatic N) is 1. The zero-order valence-electron chi connectivity index (χ0n) is 14.7. The normalized spacial score (nSPS) is 16.1. The molecule has 0 radical (unpaired) electrons. The number of ether oxygens (including phenoxy) is 2. The number of esters is 1. The molecule has 27 heavy (non-hydrogen) atoms. The van der Waals surface area contributed by atoms with Crippen molar-refractivity contribution < 1.29 is 27.5 Å². The first-order chi connectivity index (χ1) is 12.9. The van der Waals surface area contributed by atoms with E-state index in [9.17, 15) is 18.0 Å². The second kappa shape index (κ2) is 7.28. The Bertz CT molecular complexity index is 972. The summed E-state index contributed by atoms with van der Waals surface area (Å²) in [5.41, 5.74) is 0.580. The minimum absolute atomic E-state index is 0.0116. The van der Waals surface area contributed by atoms with Crippen molar-refractivity contribution in [1.29, 1.82) is 0 Å². The molecule has 0 fully saturated rings. The van der Waals surface area contributed by atoms with Crippen LogP contribution in [0.5, 0.6) is 5.75 Å². The highest BCUT2D eigenvalue weighted by molar-refractivity contribution is 7.92. The van der Waals surface area contributed by atoms with E-state index < -0.39 is 28.0 Å². The van der Waals surface area contributed by atoms with Crippen LogP contribution >= 0.6 is 0 Å². The van der Waals surface area contributed by atoms with Gasteiger partial charge in [0.05, 0.1) is 29.8 Å². The van der Waals surface area contributed by atoms with Gasteiger partial charge in [0.25, 0.3) is 15.9 Å². The molecule has 2 aromatic rings. The zero-order chi connectivity index (χ0) is 19.6. The van der Waals surface area contributed by atoms with Crippen LogP contribution in [0.3, 0.4) is 0 Å². The topological polar surface area (TPSA) is 102 Å². The molecular formula is C18H18N2O6S. The van der Waals surface area contributed by atoms with Crippen molar-refractivity contribution >= 4 is 27.6 Å². The molecule has 9 heteroatoms. The second-order valence-electron chi connectivity index (χ2n) is 5.74. The summed E-state index contributed by atoms with van der Waals surface area (Å²) in [6.07, 6.45) is -0.978. The number of carbonyl (C=O) groups is 2.